The van der Waals surface area contributed by atoms with E-state index in [2.05, 4.69) is 102 Å². The summed E-state index contributed by atoms with van der Waals surface area (Å²) in [4.78, 5) is 5.14. The third kappa shape index (κ3) is 10.3. The van der Waals surface area contributed by atoms with Crippen molar-refractivity contribution < 1.29 is 36.7 Å². The van der Waals surface area contributed by atoms with Crippen molar-refractivity contribution in [3.05, 3.63) is 150 Å². The lowest BCUT2D eigenvalue weighted by atomic mass is 10.2. The SMILES string of the molecule is OB(O)Oc1c(F)c(F)c(F)c(F)c1F.c1ccc(Sc2ccccc2)cc1.c1ccc(Sc2ccccc2)cc1. The molecule has 5 aromatic rings. The molecule has 0 aliphatic heterocycles. The molecular weight excluding hydrogens is 578 g/mol. The van der Waals surface area contributed by atoms with Gasteiger partial charge >= 0.3 is 7.32 Å². The van der Waals surface area contributed by atoms with Crippen LogP contribution in [-0.4, -0.2) is 17.4 Å². The number of hydrogen-bond donors (Lipinski definition) is 2. The third-order valence-corrected chi connectivity index (χ3v) is 6.87. The molecule has 0 heterocycles. The Morgan fingerprint density at radius 3 is 0.902 bits per heavy atom. The molecule has 0 atom stereocenters. The molecule has 5 rings (SSSR count). The smallest absolute Gasteiger partial charge is 0.507 e. The van der Waals surface area contributed by atoms with Gasteiger partial charge in [-0.15, -0.1) is 0 Å². The van der Waals surface area contributed by atoms with Crippen LogP contribution in [0.4, 0.5) is 22.0 Å². The molecule has 0 aliphatic carbocycles. The molecule has 0 spiro atoms. The zero-order chi connectivity index (χ0) is 29.6. The molecule has 2 N–H and O–H groups in total. The van der Waals surface area contributed by atoms with Crippen molar-refractivity contribution in [1.82, 2.24) is 0 Å². The minimum atomic E-state index is -2.70. The van der Waals surface area contributed by atoms with Crippen LogP contribution in [0.5, 0.6) is 5.75 Å². The highest BCUT2D eigenvalue weighted by atomic mass is 32.2. The Hall–Kier alpha value is -3.77. The van der Waals surface area contributed by atoms with Gasteiger partial charge in [0.25, 0.3) is 0 Å². The molecule has 0 bridgehead atoms. The minimum absolute atomic E-state index is 1.29. The Balaban J connectivity index is 0.000000170. The Kier molecular flexibility index (Phi) is 12.8. The molecule has 0 saturated carbocycles. The predicted molar refractivity (Wildman–Crippen MR) is 151 cm³/mol. The summed E-state index contributed by atoms with van der Waals surface area (Å²) in [7, 11) is -2.70. The van der Waals surface area contributed by atoms with E-state index < -0.39 is 42.2 Å². The Morgan fingerprint density at radius 2 is 0.659 bits per heavy atom. The highest BCUT2D eigenvalue weighted by Gasteiger charge is 2.29. The maximum absolute atomic E-state index is 12.7. The lowest BCUT2D eigenvalue weighted by Crippen LogP contribution is -2.23. The monoisotopic (exact) mass is 600 g/mol. The first-order valence-electron chi connectivity index (χ1n) is 11.9. The number of benzene rings is 5. The van der Waals surface area contributed by atoms with Gasteiger partial charge in [-0.2, -0.15) is 8.78 Å². The van der Waals surface area contributed by atoms with Gasteiger partial charge in [0, 0.05) is 19.6 Å². The van der Waals surface area contributed by atoms with Gasteiger partial charge in [-0.25, -0.2) is 13.2 Å². The largest absolute Gasteiger partial charge is 0.707 e. The van der Waals surface area contributed by atoms with Crippen LogP contribution in [0, 0.1) is 29.1 Å². The van der Waals surface area contributed by atoms with Gasteiger partial charge in [-0.05, 0) is 48.5 Å². The van der Waals surface area contributed by atoms with Gasteiger partial charge in [-0.3, -0.25) is 0 Å². The van der Waals surface area contributed by atoms with Crippen molar-refractivity contribution in [2.45, 2.75) is 19.6 Å². The van der Waals surface area contributed by atoms with Crippen LogP contribution in [0.15, 0.2) is 141 Å². The van der Waals surface area contributed by atoms with Gasteiger partial charge in [-0.1, -0.05) is 96.3 Å². The molecule has 41 heavy (non-hydrogen) atoms. The molecule has 0 unspecified atom stereocenters. The molecule has 5 aromatic carbocycles. The second-order valence-corrected chi connectivity index (χ2v) is 10.1. The summed E-state index contributed by atoms with van der Waals surface area (Å²) in [5.41, 5.74) is 0. The average Bonchev–Trinajstić information content (AvgIpc) is 3.00. The molecule has 0 saturated heterocycles. The molecule has 3 nitrogen and oxygen atoms in total. The first kappa shape index (κ1) is 31.8. The van der Waals surface area contributed by atoms with E-state index in [1.807, 2.05) is 24.3 Å². The fourth-order valence-corrected chi connectivity index (χ4v) is 4.74. The van der Waals surface area contributed by atoms with E-state index in [0.29, 0.717) is 0 Å². The van der Waals surface area contributed by atoms with Crippen LogP contribution in [0.2, 0.25) is 0 Å². The van der Waals surface area contributed by atoms with Crippen molar-refractivity contribution in [3.63, 3.8) is 0 Å². The summed E-state index contributed by atoms with van der Waals surface area (Å²) in [6.45, 7) is 0. The second kappa shape index (κ2) is 16.5. The van der Waals surface area contributed by atoms with Gasteiger partial charge < -0.3 is 14.7 Å². The van der Waals surface area contributed by atoms with E-state index in [0.717, 1.165) is 0 Å². The van der Waals surface area contributed by atoms with Crippen molar-refractivity contribution in [3.8, 4) is 5.75 Å². The summed E-state index contributed by atoms with van der Waals surface area (Å²) < 4.78 is 66.3. The van der Waals surface area contributed by atoms with E-state index in [1.165, 1.54) is 19.6 Å². The van der Waals surface area contributed by atoms with E-state index in [1.54, 1.807) is 23.5 Å². The Bertz CT molecular complexity index is 1300. The van der Waals surface area contributed by atoms with Crippen molar-refractivity contribution in [2.24, 2.45) is 0 Å². The van der Waals surface area contributed by atoms with Crippen LogP contribution in [0.3, 0.4) is 0 Å². The topological polar surface area (TPSA) is 49.7 Å². The highest BCUT2D eigenvalue weighted by Crippen LogP contribution is 2.29. The predicted octanol–water partition coefficient (Wildman–Crippen LogP) is 8.41. The number of halogens is 5. The number of rotatable bonds is 6. The first-order chi connectivity index (χ1) is 19.8. The summed E-state index contributed by atoms with van der Waals surface area (Å²) in [6.07, 6.45) is 0. The zero-order valence-electron chi connectivity index (χ0n) is 21.1. The highest BCUT2D eigenvalue weighted by molar-refractivity contribution is 7.99. The van der Waals surface area contributed by atoms with E-state index in [-0.39, 0.29) is 0 Å². The molecule has 210 valence electrons. The second-order valence-electron chi connectivity index (χ2n) is 7.80. The van der Waals surface area contributed by atoms with Crippen LogP contribution >= 0.6 is 23.5 Å². The van der Waals surface area contributed by atoms with Crippen molar-refractivity contribution in [2.75, 3.05) is 0 Å². The number of hydrogen-bond acceptors (Lipinski definition) is 5. The van der Waals surface area contributed by atoms with Crippen LogP contribution < -0.4 is 4.65 Å². The molecular formula is C30H22BF5O3S2. The molecule has 0 radical (unpaired) electrons. The van der Waals surface area contributed by atoms with Crippen molar-refractivity contribution in [1.29, 1.82) is 0 Å². The molecule has 0 aliphatic rings. The maximum atomic E-state index is 12.7. The fraction of sp³-hybridized carbons (Fsp3) is 0. The van der Waals surface area contributed by atoms with E-state index in [4.69, 9.17) is 10.0 Å². The van der Waals surface area contributed by atoms with Gasteiger partial charge in [0.1, 0.15) is 0 Å². The van der Waals surface area contributed by atoms with Crippen molar-refractivity contribution >= 4 is 30.8 Å². The van der Waals surface area contributed by atoms with E-state index in [9.17, 15) is 22.0 Å². The summed E-state index contributed by atoms with van der Waals surface area (Å²) in [5, 5.41) is 16.3. The minimum Gasteiger partial charge on any atom is -0.507 e. The summed E-state index contributed by atoms with van der Waals surface area (Å²) >= 11 is 3.58. The van der Waals surface area contributed by atoms with Gasteiger partial charge in [0.15, 0.2) is 5.75 Å². The quantitative estimate of drug-likeness (QED) is 0.0888. The Morgan fingerprint density at radius 1 is 0.415 bits per heavy atom. The summed E-state index contributed by atoms with van der Waals surface area (Å²) in [6, 6.07) is 41.6. The zero-order valence-corrected chi connectivity index (χ0v) is 22.8. The molecule has 11 heteroatoms. The van der Waals surface area contributed by atoms with Crippen LogP contribution in [0.1, 0.15) is 0 Å². The van der Waals surface area contributed by atoms with Gasteiger partial charge in [0.2, 0.25) is 29.1 Å². The fourth-order valence-electron chi connectivity index (χ4n) is 3.02. The average molecular weight is 600 g/mol. The van der Waals surface area contributed by atoms with Crippen LogP contribution in [0.25, 0.3) is 0 Å². The molecule has 0 amide bonds. The Labute approximate surface area is 242 Å². The van der Waals surface area contributed by atoms with Gasteiger partial charge in [0.05, 0.1) is 0 Å². The first-order valence-corrected chi connectivity index (χ1v) is 13.5. The lowest BCUT2D eigenvalue weighted by Gasteiger charge is -2.08. The maximum Gasteiger partial charge on any atom is 0.707 e. The summed E-state index contributed by atoms with van der Waals surface area (Å²) in [5.74, 6) is -13.1. The lowest BCUT2D eigenvalue weighted by molar-refractivity contribution is 0.263. The molecule has 0 fully saturated rings. The van der Waals surface area contributed by atoms with Crippen LogP contribution in [-0.2, 0) is 0 Å². The standard InChI is InChI=1S/2C12H10S.C6H2BF5O3/c2*1-3-7-11(8-4-1)13-12-9-5-2-6-10-12;8-1-2(9)4(11)6(15-7(13)14)5(12)3(1)10/h2*1-10H;13-14H. The third-order valence-electron chi connectivity index (χ3n) is 4.84. The molecule has 0 aromatic heterocycles. The normalized spacial score (nSPS) is 10.0. The van der Waals surface area contributed by atoms with E-state index >= 15 is 0 Å².